The zero-order valence-corrected chi connectivity index (χ0v) is 16.0. The van der Waals surface area contributed by atoms with Gasteiger partial charge >= 0.3 is 0 Å². The lowest BCUT2D eigenvalue weighted by atomic mass is 9.93. The van der Waals surface area contributed by atoms with Crippen LogP contribution in [0.2, 0.25) is 5.02 Å². The second kappa shape index (κ2) is 7.74. The van der Waals surface area contributed by atoms with Crippen LogP contribution in [0.5, 0.6) is 5.75 Å². The molecule has 4 rings (SSSR count). The van der Waals surface area contributed by atoms with Crippen molar-refractivity contribution in [3.8, 4) is 5.75 Å². The number of ether oxygens (including phenoxy) is 1. The van der Waals surface area contributed by atoms with E-state index in [4.69, 9.17) is 16.3 Å². The van der Waals surface area contributed by atoms with Crippen LogP contribution in [0.4, 0.5) is 0 Å². The monoisotopic (exact) mass is 386 g/mol. The van der Waals surface area contributed by atoms with Gasteiger partial charge in [0.25, 0.3) is 5.56 Å². The molecule has 3 aromatic rings. The first-order valence-electron chi connectivity index (χ1n) is 9.28. The Morgan fingerprint density at radius 2 is 2.11 bits per heavy atom. The lowest BCUT2D eigenvalue weighted by Crippen LogP contribution is -2.36. The van der Waals surface area contributed by atoms with Crippen molar-refractivity contribution in [2.75, 3.05) is 0 Å². The SMILES string of the molecule is Cn1ccc(CN[C@H]2CC[C@@H](Oc3cc4cc[nH]c(=O)c4cc3Cl)CC2)n1. The molecule has 142 valence electrons. The molecule has 1 aliphatic rings. The molecule has 0 radical (unpaired) electrons. The summed E-state index contributed by atoms with van der Waals surface area (Å²) >= 11 is 6.34. The number of aromatic amines is 1. The zero-order chi connectivity index (χ0) is 18.8. The van der Waals surface area contributed by atoms with Gasteiger partial charge in [-0.3, -0.25) is 9.48 Å². The number of hydrogen-bond acceptors (Lipinski definition) is 4. The third kappa shape index (κ3) is 4.17. The van der Waals surface area contributed by atoms with Crippen molar-refractivity contribution in [1.82, 2.24) is 20.1 Å². The molecular weight excluding hydrogens is 364 g/mol. The van der Waals surface area contributed by atoms with E-state index in [0.717, 1.165) is 43.3 Å². The highest BCUT2D eigenvalue weighted by molar-refractivity contribution is 6.32. The molecule has 1 saturated carbocycles. The van der Waals surface area contributed by atoms with E-state index >= 15 is 0 Å². The van der Waals surface area contributed by atoms with Crippen LogP contribution in [0.15, 0.2) is 41.5 Å². The average Bonchev–Trinajstić information content (AvgIpc) is 3.08. The highest BCUT2D eigenvalue weighted by Gasteiger charge is 2.23. The molecule has 0 amide bonds. The molecule has 27 heavy (non-hydrogen) atoms. The number of benzene rings is 1. The van der Waals surface area contributed by atoms with E-state index < -0.39 is 0 Å². The number of pyridine rings is 1. The third-order valence-corrected chi connectivity index (χ3v) is 5.43. The van der Waals surface area contributed by atoms with Gasteiger partial charge in [-0.1, -0.05) is 11.6 Å². The predicted octanol–water partition coefficient (Wildman–Crippen LogP) is 3.39. The van der Waals surface area contributed by atoms with Crippen molar-refractivity contribution in [2.45, 2.75) is 44.4 Å². The highest BCUT2D eigenvalue weighted by Crippen LogP contribution is 2.32. The van der Waals surface area contributed by atoms with Crippen LogP contribution >= 0.6 is 11.6 Å². The third-order valence-electron chi connectivity index (χ3n) is 5.13. The lowest BCUT2D eigenvalue weighted by Gasteiger charge is -2.29. The molecule has 1 aromatic carbocycles. The number of aryl methyl sites for hydroxylation is 1. The van der Waals surface area contributed by atoms with E-state index in [-0.39, 0.29) is 11.7 Å². The first-order valence-corrected chi connectivity index (χ1v) is 9.66. The number of fused-ring (bicyclic) bond motifs is 1. The average molecular weight is 387 g/mol. The first-order chi connectivity index (χ1) is 13.1. The van der Waals surface area contributed by atoms with Crippen LogP contribution in [0.3, 0.4) is 0 Å². The van der Waals surface area contributed by atoms with Crippen molar-refractivity contribution < 1.29 is 4.74 Å². The van der Waals surface area contributed by atoms with E-state index in [1.54, 1.807) is 12.3 Å². The summed E-state index contributed by atoms with van der Waals surface area (Å²) in [6.45, 7) is 0.794. The van der Waals surface area contributed by atoms with E-state index in [2.05, 4.69) is 15.4 Å². The van der Waals surface area contributed by atoms with Crippen molar-refractivity contribution in [2.24, 2.45) is 7.05 Å². The minimum absolute atomic E-state index is 0.138. The summed E-state index contributed by atoms with van der Waals surface area (Å²) in [6.07, 6.45) is 7.82. The maximum atomic E-state index is 11.9. The fraction of sp³-hybridized carbons (Fsp3) is 0.400. The van der Waals surface area contributed by atoms with E-state index in [1.807, 2.05) is 36.1 Å². The number of hydrogen-bond donors (Lipinski definition) is 2. The van der Waals surface area contributed by atoms with Crippen LogP contribution in [0.1, 0.15) is 31.4 Å². The Labute approximate surface area is 162 Å². The van der Waals surface area contributed by atoms with Gasteiger partial charge in [-0.15, -0.1) is 0 Å². The molecule has 0 bridgehead atoms. The molecule has 2 heterocycles. The number of rotatable bonds is 5. The maximum absolute atomic E-state index is 11.9. The molecule has 0 unspecified atom stereocenters. The molecular formula is C20H23ClN4O2. The highest BCUT2D eigenvalue weighted by atomic mass is 35.5. The molecule has 7 heteroatoms. The minimum Gasteiger partial charge on any atom is -0.489 e. The zero-order valence-electron chi connectivity index (χ0n) is 15.2. The summed E-state index contributed by atoms with van der Waals surface area (Å²) in [5.41, 5.74) is 0.925. The number of H-pyrrole nitrogens is 1. The molecule has 0 atom stereocenters. The first kappa shape index (κ1) is 18.1. The van der Waals surface area contributed by atoms with Gasteiger partial charge in [0, 0.05) is 37.4 Å². The maximum Gasteiger partial charge on any atom is 0.255 e. The van der Waals surface area contributed by atoms with Crippen LogP contribution in [-0.2, 0) is 13.6 Å². The smallest absolute Gasteiger partial charge is 0.255 e. The fourth-order valence-electron chi connectivity index (χ4n) is 3.65. The van der Waals surface area contributed by atoms with Crippen LogP contribution in [-0.4, -0.2) is 26.9 Å². The molecule has 0 spiro atoms. The number of nitrogens with zero attached hydrogens (tertiary/aromatic N) is 2. The Morgan fingerprint density at radius 3 is 2.85 bits per heavy atom. The van der Waals surface area contributed by atoms with E-state index in [0.29, 0.717) is 22.2 Å². The Hall–Kier alpha value is -2.31. The number of aromatic nitrogens is 3. The van der Waals surface area contributed by atoms with Gasteiger partial charge in [-0.2, -0.15) is 5.10 Å². The van der Waals surface area contributed by atoms with Crippen molar-refractivity contribution in [3.05, 3.63) is 57.7 Å². The summed E-state index contributed by atoms with van der Waals surface area (Å²) in [6, 6.07) is 7.92. The predicted molar refractivity (Wildman–Crippen MR) is 106 cm³/mol. The van der Waals surface area contributed by atoms with Crippen molar-refractivity contribution >= 4 is 22.4 Å². The molecule has 0 saturated heterocycles. The molecule has 2 N–H and O–H groups in total. The normalized spacial score (nSPS) is 20.1. The largest absolute Gasteiger partial charge is 0.489 e. The lowest BCUT2D eigenvalue weighted by molar-refractivity contribution is 0.139. The Bertz CT molecular complexity index is 989. The van der Waals surface area contributed by atoms with Crippen molar-refractivity contribution in [3.63, 3.8) is 0 Å². The Morgan fingerprint density at radius 1 is 1.30 bits per heavy atom. The molecule has 6 nitrogen and oxygen atoms in total. The second-order valence-electron chi connectivity index (χ2n) is 7.13. The van der Waals surface area contributed by atoms with Gasteiger partial charge < -0.3 is 15.0 Å². The van der Waals surface area contributed by atoms with Gasteiger partial charge in [0.1, 0.15) is 5.75 Å². The van der Waals surface area contributed by atoms with Gasteiger partial charge in [0.2, 0.25) is 0 Å². The van der Waals surface area contributed by atoms with Gasteiger partial charge in [-0.05, 0) is 55.3 Å². The second-order valence-corrected chi connectivity index (χ2v) is 7.54. The van der Waals surface area contributed by atoms with Crippen molar-refractivity contribution in [1.29, 1.82) is 0 Å². The molecule has 2 aromatic heterocycles. The summed E-state index contributed by atoms with van der Waals surface area (Å²) in [5, 5.41) is 9.88. The molecule has 0 aliphatic heterocycles. The number of halogens is 1. The van der Waals surface area contributed by atoms with Crippen LogP contribution < -0.4 is 15.6 Å². The Balaban J connectivity index is 1.34. The topological polar surface area (TPSA) is 71.9 Å². The quantitative estimate of drug-likeness (QED) is 0.705. The van der Waals surface area contributed by atoms with E-state index in [9.17, 15) is 4.79 Å². The van der Waals surface area contributed by atoms with Gasteiger partial charge in [-0.25, -0.2) is 0 Å². The molecule has 1 fully saturated rings. The van der Waals surface area contributed by atoms with Crippen LogP contribution in [0.25, 0.3) is 10.8 Å². The Kier molecular flexibility index (Phi) is 5.18. The fourth-order valence-corrected chi connectivity index (χ4v) is 3.86. The summed E-state index contributed by atoms with van der Waals surface area (Å²) in [7, 11) is 1.93. The standard InChI is InChI=1S/C20H23ClN4O2/c1-25-9-7-15(24-25)12-23-14-2-4-16(5-3-14)27-19-10-13-6-8-22-20(26)17(13)11-18(19)21/h6-11,14,16,23H,2-5,12H2,1H3,(H,22,26)/t14-,16+. The summed E-state index contributed by atoms with van der Waals surface area (Å²) < 4.78 is 7.98. The number of nitrogens with one attached hydrogen (secondary N) is 2. The van der Waals surface area contributed by atoms with E-state index in [1.165, 1.54) is 0 Å². The summed E-state index contributed by atoms with van der Waals surface area (Å²) in [5.74, 6) is 0.652. The van der Waals surface area contributed by atoms with Gasteiger partial charge in [0.15, 0.2) is 0 Å². The van der Waals surface area contributed by atoms with Gasteiger partial charge in [0.05, 0.1) is 16.8 Å². The van der Waals surface area contributed by atoms with Crippen LogP contribution in [0, 0.1) is 0 Å². The molecule has 1 aliphatic carbocycles. The minimum atomic E-state index is -0.138. The summed E-state index contributed by atoms with van der Waals surface area (Å²) in [4.78, 5) is 14.5.